The maximum Gasteiger partial charge on any atom is 0.306 e. The highest BCUT2D eigenvalue weighted by Gasteiger charge is 2.10. The summed E-state index contributed by atoms with van der Waals surface area (Å²) in [5, 5.41) is 8.42. The van der Waals surface area contributed by atoms with E-state index in [1.807, 2.05) is 0 Å². The minimum Gasteiger partial charge on any atom is -0.481 e. The number of carbonyl (C=O) groups is 1. The fourth-order valence-corrected chi connectivity index (χ4v) is 2.32. The van der Waals surface area contributed by atoms with E-state index in [9.17, 15) is 9.18 Å². The average Bonchev–Trinajstić information content (AvgIpc) is 2.35. The van der Waals surface area contributed by atoms with Crippen LogP contribution in [0.25, 0.3) is 0 Å². The minimum absolute atomic E-state index is 0.336. The van der Waals surface area contributed by atoms with Crippen LogP contribution in [0.3, 0.4) is 0 Å². The second-order valence-corrected chi connectivity index (χ2v) is 5.52. The number of hydrogen-bond donors (Lipinski definition) is 1. The van der Waals surface area contributed by atoms with E-state index in [0.29, 0.717) is 6.42 Å². The fraction of sp³-hybridized carbons (Fsp3) is 0.938. The Hall–Kier alpha value is -0.600. The van der Waals surface area contributed by atoms with Crippen LogP contribution in [-0.2, 0) is 4.79 Å². The first kappa shape index (κ1) is 18.4. The Balaban J connectivity index is 3.08. The van der Waals surface area contributed by atoms with E-state index >= 15 is 0 Å². The summed E-state index contributed by atoms with van der Waals surface area (Å²) < 4.78 is 13.1. The van der Waals surface area contributed by atoms with Gasteiger partial charge in [0.25, 0.3) is 0 Å². The van der Waals surface area contributed by atoms with Crippen molar-refractivity contribution in [2.75, 3.05) is 0 Å². The third-order valence-electron chi connectivity index (χ3n) is 3.52. The molecule has 0 aromatic heterocycles. The van der Waals surface area contributed by atoms with Gasteiger partial charge in [0.1, 0.15) is 6.17 Å². The zero-order valence-corrected chi connectivity index (χ0v) is 12.5. The van der Waals surface area contributed by atoms with Crippen LogP contribution >= 0.6 is 0 Å². The average molecular weight is 274 g/mol. The van der Waals surface area contributed by atoms with E-state index in [2.05, 4.69) is 6.92 Å². The second-order valence-electron chi connectivity index (χ2n) is 5.52. The molecule has 3 heteroatoms. The molecule has 0 amide bonds. The van der Waals surface area contributed by atoms with E-state index in [0.717, 1.165) is 19.3 Å². The number of halogens is 1. The van der Waals surface area contributed by atoms with Crippen LogP contribution in [-0.4, -0.2) is 17.2 Å². The summed E-state index contributed by atoms with van der Waals surface area (Å²) in [5.74, 6) is -1.03. The predicted molar refractivity (Wildman–Crippen MR) is 78.2 cm³/mol. The molecule has 0 rings (SSSR count). The summed E-state index contributed by atoms with van der Waals surface area (Å²) in [6.07, 6.45) is 12.6. The first-order chi connectivity index (χ1) is 9.16. The number of unbranched alkanes of at least 4 members (excludes halogenated alkanes) is 10. The maximum absolute atomic E-state index is 13.1. The van der Waals surface area contributed by atoms with Gasteiger partial charge in [-0.2, -0.15) is 0 Å². The molecule has 1 atom stereocenters. The lowest BCUT2D eigenvalue weighted by Gasteiger charge is -2.05. The Morgan fingerprint density at radius 1 is 0.895 bits per heavy atom. The van der Waals surface area contributed by atoms with Crippen molar-refractivity contribution in [3.05, 3.63) is 0 Å². The highest BCUT2D eigenvalue weighted by molar-refractivity contribution is 5.67. The van der Waals surface area contributed by atoms with Gasteiger partial charge < -0.3 is 5.11 Å². The topological polar surface area (TPSA) is 37.3 Å². The molecule has 0 radical (unpaired) electrons. The van der Waals surface area contributed by atoms with Gasteiger partial charge in [0.2, 0.25) is 0 Å². The highest BCUT2D eigenvalue weighted by atomic mass is 19.1. The van der Waals surface area contributed by atoms with E-state index in [-0.39, 0.29) is 6.42 Å². The number of carboxylic acid groups (broad SMARTS) is 1. The van der Waals surface area contributed by atoms with Gasteiger partial charge in [-0.25, -0.2) is 4.39 Å². The minimum atomic E-state index is -1.16. The molecule has 0 heterocycles. The van der Waals surface area contributed by atoms with Gasteiger partial charge in [-0.05, 0) is 6.42 Å². The standard InChI is InChI=1S/C16H31FO2/c1-2-3-4-5-6-7-8-9-10-11-12-13-15(17)14-16(18)19/h15H,2-14H2,1H3,(H,18,19). The number of carboxylic acids is 1. The van der Waals surface area contributed by atoms with Crippen molar-refractivity contribution in [2.45, 2.75) is 96.6 Å². The van der Waals surface area contributed by atoms with Gasteiger partial charge in [0.15, 0.2) is 0 Å². The normalized spacial score (nSPS) is 12.5. The van der Waals surface area contributed by atoms with Crippen LogP contribution in [0.1, 0.15) is 90.4 Å². The van der Waals surface area contributed by atoms with Crippen molar-refractivity contribution in [1.82, 2.24) is 0 Å². The molecule has 114 valence electrons. The summed E-state index contributed by atoms with van der Waals surface area (Å²) >= 11 is 0. The van der Waals surface area contributed by atoms with Crippen LogP contribution < -0.4 is 0 Å². The molecule has 2 nitrogen and oxygen atoms in total. The third-order valence-corrected chi connectivity index (χ3v) is 3.52. The van der Waals surface area contributed by atoms with E-state index in [4.69, 9.17) is 5.11 Å². The monoisotopic (exact) mass is 274 g/mol. The number of rotatable bonds is 14. The molecule has 0 bridgehead atoms. The molecular formula is C16H31FO2. The first-order valence-electron chi connectivity index (χ1n) is 8.02. The van der Waals surface area contributed by atoms with Gasteiger partial charge in [-0.15, -0.1) is 0 Å². The summed E-state index contributed by atoms with van der Waals surface area (Å²) in [6.45, 7) is 2.23. The first-order valence-corrected chi connectivity index (χ1v) is 8.02. The van der Waals surface area contributed by atoms with E-state index < -0.39 is 12.1 Å². The van der Waals surface area contributed by atoms with Crippen molar-refractivity contribution < 1.29 is 14.3 Å². The number of alkyl halides is 1. The smallest absolute Gasteiger partial charge is 0.306 e. The van der Waals surface area contributed by atoms with Crippen molar-refractivity contribution in [3.8, 4) is 0 Å². The van der Waals surface area contributed by atoms with E-state index in [1.165, 1.54) is 51.4 Å². The SMILES string of the molecule is CCCCCCCCCCCCCC(F)CC(=O)O. The maximum atomic E-state index is 13.1. The Bertz CT molecular complexity index is 207. The van der Waals surface area contributed by atoms with E-state index in [1.54, 1.807) is 0 Å². The molecule has 0 saturated heterocycles. The molecule has 0 fully saturated rings. The van der Waals surface area contributed by atoms with Crippen LogP contribution in [0.2, 0.25) is 0 Å². The summed E-state index contributed by atoms with van der Waals surface area (Å²) in [7, 11) is 0. The van der Waals surface area contributed by atoms with Crippen molar-refractivity contribution in [1.29, 1.82) is 0 Å². The molecule has 0 spiro atoms. The molecule has 1 unspecified atom stereocenters. The van der Waals surface area contributed by atoms with Gasteiger partial charge in [0.05, 0.1) is 6.42 Å². The van der Waals surface area contributed by atoms with Crippen LogP contribution in [0, 0.1) is 0 Å². The Labute approximate surface area is 117 Å². The van der Waals surface area contributed by atoms with Gasteiger partial charge in [0, 0.05) is 0 Å². The van der Waals surface area contributed by atoms with Crippen molar-refractivity contribution in [3.63, 3.8) is 0 Å². The number of aliphatic carboxylic acids is 1. The Morgan fingerprint density at radius 2 is 1.32 bits per heavy atom. The lowest BCUT2D eigenvalue weighted by Crippen LogP contribution is -2.07. The van der Waals surface area contributed by atoms with Crippen LogP contribution in [0.5, 0.6) is 0 Å². The molecule has 0 aromatic rings. The summed E-state index contributed by atoms with van der Waals surface area (Å²) in [5.41, 5.74) is 0. The van der Waals surface area contributed by atoms with Gasteiger partial charge in [-0.3, -0.25) is 4.79 Å². The molecule has 0 aliphatic heterocycles. The molecule has 0 saturated carbocycles. The molecule has 0 aromatic carbocycles. The summed E-state index contributed by atoms with van der Waals surface area (Å²) in [6, 6.07) is 0. The fourth-order valence-electron chi connectivity index (χ4n) is 2.32. The second kappa shape index (κ2) is 13.8. The molecule has 19 heavy (non-hydrogen) atoms. The lowest BCUT2D eigenvalue weighted by atomic mass is 10.0. The lowest BCUT2D eigenvalue weighted by molar-refractivity contribution is -0.138. The molecule has 0 aliphatic rings. The van der Waals surface area contributed by atoms with Crippen LogP contribution in [0.15, 0.2) is 0 Å². The molecule has 1 N–H and O–H groups in total. The molecular weight excluding hydrogens is 243 g/mol. The van der Waals surface area contributed by atoms with Crippen LogP contribution in [0.4, 0.5) is 4.39 Å². The van der Waals surface area contributed by atoms with Gasteiger partial charge >= 0.3 is 5.97 Å². The Kier molecular flexibility index (Phi) is 13.4. The van der Waals surface area contributed by atoms with Gasteiger partial charge in [-0.1, -0.05) is 77.6 Å². The third kappa shape index (κ3) is 15.3. The largest absolute Gasteiger partial charge is 0.481 e. The van der Waals surface area contributed by atoms with Crippen molar-refractivity contribution in [2.24, 2.45) is 0 Å². The predicted octanol–water partition coefficient (Wildman–Crippen LogP) is 5.50. The highest BCUT2D eigenvalue weighted by Crippen LogP contribution is 2.14. The zero-order valence-electron chi connectivity index (χ0n) is 12.5. The zero-order chi connectivity index (χ0) is 14.3. The summed E-state index contributed by atoms with van der Waals surface area (Å²) in [4.78, 5) is 10.3. The number of hydrogen-bond acceptors (Lipinski definition) is 1. The quantitative estimate of drug-likeness (QED) is 0.425. The Morgan fingerprint density at radius 3 is 1.74 bits per heavy atom. The molecule has 0 aliphatic carbocycles. The van der Waals surface area contributed by atoms with Crippen molar-refractivity contribution >= 4 is 5.97 Å².